The van der Waals surface area contributed by atoms with Crippen molar-refractivity contribution in [2.45, 2.75) is 64.3 Å². The number of piperidine rings is 1. The Hall–Kier alpha value is -3.13. The van der Waals surface area contributed by atoms with Crippen molar-refractivity contribution >= 4 is 32.4 Å². The second-order valence-electron chi connectivity index (χ2n) is 12.3. The summed E-state index contributed by atoms with van der Waals surface area (Å²) in [6.07, 6.45) is 4.00. The number of anilines is 2. The lowest BCUT2D eigenvalue weighted by Crippen LogP contribution is -2.36. The first-order valence-corrected chi connectivity index (χ1v) is 18.3. The van der Waals surface area contributed by atoms with Crippen molar-refractivity contribution in [1.82, 2.24) is 15.5 Å². The normalized spacial score (nSPS) is 17.1. The molecular weight excluding hydrogens is 628 g/mol. The third kappa shape index (κ3) is 9.27. The third-order valence-corrected chi connectivity index (χ3v) is 10.2. The third-order valence-electron chi connectivity index (χ3n) is 8.98. The molecule has 3 aromatic rings. The Labute approximate surface area is 276 Å². The molecule has 13 heteroatoms. The Kier molecular flexibility index (Phi) is 12.2. The van der Waals surface area contributed by atoms with Crippen molar-refractivity contribution in [2.24, 2.45) is 5.92 Å². The number of alkyl halides is 2. The van der Waals surface area contributed by atoms with E-state index in [9.17, 15) is 8.42 Å². The number of morpholine rings is 1. The fourth-order valence-electron chi connectivity index (χ4n) is 6.07. The van der Waals surface area contributed by atoms with Crippen molar-refractivity contribution in [3.05, 3.63) is 53.6 Å². The molecule has 0 unspecified atom stereocenters. The van der Waals surface area contributed by atoms with Crippen LogP contribution in [0.2, 0.25) is 0 Å². The number of fused-ring (bicyclic) bond motifs is 1. The molecule has 0 saturated carbocycles. The average Bonchev–Trinajstić information content (AvgIpc) is 3.10. The van der Waals surface area contributed by atoms with E-state index < -0.39 is 22.0 Å². The van der Waals surface area contributed by atoms with Gasteiger partial charge >= 0.3 is 0 Å². The lowest BCUT2D eigenvalue weighted by Gasteiger charge is -2.31. The van der Waals surface area contributed by atoms with Crippen molar-refractivity contribution in [2.75, 3.05) is 68.6 Å². The largest absolute Gasteiger partial charge is 0.476 e. The van der Waals surface area contributed by atoms with E-state index in [1.807, 2.05) is 19.1 Å². The van der Waals surface area contributed by atoms with Crippen LogP contribution in [0.25, 0.3) is 10.8 Å². The zero-order valence-electron chi connectivity index (χ0n) is 27.3. The molecule has 2 aromatic carbocycles. The number of unbranched alkanes of at least 4 members (excludes halogenated alkanes) is 3. The van der Waals surface area contributed by atoms with Crippen LogP contribution >= 0.6 is 0 Å². The summed E-state index contributed by atoms with van der Waals surface area (Å²) in [4.78, 5) is 2.26. The van der Waals surface area contributed by atoms with Crippen LogP contribution in [0.3, 0.4) is 0 Å². The smallest absolute Gasteiger partial charge is 0.276 e. The lowest BCUT2D eigenvalue weighted by molar-refractivity contribution is -0.0754. The van der Waals surface area contributed by atoms with Gasteiger partial charge in [0.2, 0.25) is 5.88 Å². The molecular formula is C34H47F2N5O5S. The minimum Gasteiger partial charge on any atom is -0.476 e. The number of hydrogen-bond donors (Lipinski definition) is 2. The first kappa shape index (κ1) is 35.2. The Morgan fingerprint density at radius 2 is 1.77 bits per heavy atom. The van der Waals surface area contributed by atoms with Gasteiger partial charge in [0, 0.05) is 35.6 Å². The fourth-order valence-corrected chi connectivity index (χ4v) is 6.61. The predicted molar refractivity (Wildman–Crippen MR) is 180 cm³/mol. The van der Waals surface area contributed by atoms with Gasteiger partial charge in [0.05, 0.1) is 43.6 Å². The van der Waals surface area contributed by atoms with Gasteiger partial charge in [-0.1, -0.05) is 24.6 Å². The number of nitrogens with zero attached hydrogens (tertiary/aromatic N) is 3. The van der Waals surface area contributed by atoms with Crippen LogP contribution in [0, 0.1) is 5.92 Å². The van der Waals surface area contributed by atoms with Crippen molar-refractivity contribution in [3.8, 4) is 5.88 Å². The van der Waals surface area contributed by atoms with Gasteiger partial charge in [0.1, 0.15) is 0 Å². The Balaban J connectivity index is 1.29. The highest BCUT2D eigenvalue weighted by molar-refractivity contribution is 7.86. The van der Waals surface area contributed by atoms with Gasteiger partial charge in [-0.3, -0.25) is 4.18 Å². The Morgan fingerprint density at radius 3 is 2.51 bits per heavy atom. The number of nitrogens with one attached hydrogen (secondary N) is 2. The lowest BCUT2D eigenvalue weighted by atomic mass is 9.86. The van der Waals surface area contributed by atoms with Gasteiger partial charge in [0.25, 0.3) is 16.0 Å². The van der Waals surface area contributed by atoms with E-state index in [4.69, 9.17) is 13.7 Å². The van der Waals surface area contributed by atoms with Crippen LogP contribution < -0.4 is 20.3 Å². The number of halogens is 2. The number of rotatable bonds is 16. The van der Waals surface area contributed by atoms with Gasteiger partial charge in [-0.25, -0.2) is 8.78 Å². The summed E-state index contributed by atoms with van der Waals surface area (Å²) in [7, 11) is -3.41. The van der Waals surface area contributed by atoms with Gasteiger partial charge in [-0.2, -0.15) is 8.42 Å². The molecule has 1 aromatic heterocycles. The Bertz CT molecular complexity index is 1570. The van der Waals surface area contributed by atoms with Crippen LogP contribution in [0.4, 0.5) is 20.3 Å². The molecule has 2 fully saturated rings. The highest BCUT2D eigenvalue weighted by atomic mass is 32.2. The van der Waals surface area contributed by atoms with Crippen molar-refractivity contribution < 1.29 is 30.9 Å². The van der Waals surface area contributed by atoms with Crippen molar-refractivity contribution in [1.29, 1.82) is 0 Å². The molecule has 0 spiro atoms. The summed E-state index contributed by atoms with van der Waals surface area (Å²) in [5.41, 5.74) is 1.82. The molecule has 3 heterocycles. The zero-order chi connectivity index (χ0) is 33.3. The number of hydrogen-bond acceptors (Lipinski definition) is 10. The molecule has 1 atom stereocenters. The first-order chi connectivity index (χ1) is 22.7. The molecule has 2 aliphatic heterocycles. The van der Waals surface area contributed by atoms with Gasteiger partial charge in [-0.15, -0.1) is 10.2 Å². The molecule has 10 nitrogen and oxygen atoms in total. The monoisotopic (exact) mass is 675 g/mol. The molecule has 0 bridgehead atoms. The summed E-state index contributed by atoms with van der Waals surface area (Å²) in [5.74, 6) is -2.63. The molecule has 0 amide bonds. The number of aromatic nitrogens is 2. The summed E-state index contributed by atoms with van der Waals surface area (Å²) >= 11 is 0. The van der Waals surface area contributed by atoms with E-state index in [0.29, 0.717) is 63.9 Å². The van der Waals surface area contributed by atoms with E-state index in [0.717, 1.165) is 54.4 Å². The minimum atomic E-state index is -3.41. The highest BCUT2D eigenvalue weighted by Gasteiger charge is 2.41. The molecule has 47 heavy (non-hydrogen) atoms. The zero-order valence-corrected chi connectivity index (χ0v) is 28.2. The van der Waals surface area contributed by atoms with E-state index in [2.05, 4.69) is 37.9 Å². The van der Waals surface area contributed by atoms with E-state index >= 15 is 8.78 Å². The molecule has 2 aliphatic rings. The van der Waals surface area contributed by atoms with Crippen LogP contribution in [0.1, 0.15) is 69.5 Å². The Morgan fingerprint density at radius 1 is 1.02 bits per heavy atom. The van der Waals surface area contributed by atoms with E-state index in [1.54, 1.807) is 19.1 Å². The second-order valence-corrected chi connectivity index (χ2v) is 14.2. The molecule has 2 N–H and O–H groups in total. The van der Waals surface area contributed by atoms with Crippen LogP contribution in [-0.4, -0.2) is 77.0 Å². The van der Waals surface area contributed by atoms with Gasteiger partial charge < -0.3 is 25.0 Å². The SMILES string of the molecule is CCS(=O)(=O)OCCCCCCOc1nnc(N[C@H](C)c2cccc(C(F)(F)C3CCNCC3)c2)c2ccc(N3CCOCC3)cc12. The molecule has 0 radical (unpaired) electrons. The molecule has 5 rings (SSSR count). The quantitative estimate of drug-likeness (QED) is 0.138. The van der Waals surface area contributed by atoms with Crippen LogP contribution in [-0.2, 0) is 25.0 Å². The summed E-state index contributed by atoms with van der Waals surface area (Å²) in [6.45, 7) is 8.22. The molecule has 0 aliphatic carbocycles. The first-order valence-electron chi connectivity index (χ1n) is 16.8. The van der Waals surface area contributed by atoms with Crippen LogP contribution in [0.5, 0.6) is 5.88 Å². The van der Waals surface area contributed by atoms with E-state index in [-0.39, 0.29) is 24.0 Å². The number of benzene rings is 2. The standard InChI is InChI=1S/C34H47F2N5O5S/c1-3-47(42,43)46-20-7-5-4-6-19-45-33-31-24-29(41-17-21-44-22-18-41)11-12-30(31)32(39-40-33)38-25(2)26-9-8-10-28(23-26)34(35,36)27-13-15-37-16-14-27/h8-12,23-25,27,37H,3-7,13-22H2,1-2H3,(H,38,39)/t25-/m1/s1. The summed E-state index contributed by atoms with van der Waals surface area (Å²) < 4.78 is 70.6. The maximum Gasteiger partial charge on any atom is 0.276 e. The summed E-state index contributed by atoms with van der Waals surface area (Å²) in [6, 6.07) is 12.5. The fraction of sp³-hybridized carbons (Fsp3) is 0.588. The van der Waals surface area contributed by atoms with Crippen molar-refractivity contribution in [3.63, 3.8) is 0 Å². The van der Waals surface area contributed by atoms with Crippen LogP contribution in [0.15, 0.2) is 42.5 Å². The van der Waals surface area contributed by atoms with E-state index in [1.165, 1.54) is 6.07 Å². The predicted octanol–water partition coefficient (Wildman–Crippen LogP) is 6.04. The maximum absolute atomic E-state index is 15.5. The maximum atomic E-state index is 15.5. The number of ether oxygens (including phenoxy) is 2. The van der Waals surface area contributed by atoms with Gasteiger partial charge in [-0.05, 0) is 88.9 Å². The average molecular weight is 676 g/mol. The van der Waals surface area contributed by atoms with Gasteiger partial charge in [0.15, 0.2) is 5.82 Å². The summed E-state index contributed by atoms with van der Waals surface area (Å²) in [5, 5.41) is 17.2. The topological polar surface area (TPSA) is 115 Å². The molecule has 258 valence electrons. The highest BCUT2D eigenvalue weighted by Crippen LogP contribution is 2.41. The molecule has 2 saturated heterocycles. The second kappa shape index (κ2) is 16.3. The minimum absolute atomic E-state index is 0.0267.